The molecular formula is C23H24N4O4S. The SMILES string of the molecule is CC(=O)Nc1nc2ccc(-c3cnc4c(c3)N(C(=O)OC3CCOCC3)CCC4)cc2s1. The summed E-state index contributed by atoms with van der Waals surface area (Å²) in [5.74, 6) is -0.143. The van der Waals surface area contributed by atoms with Crippen LogP contribution in [0.5, 0.6) is 0 Å². The fourth-order valence-corrected chi connectivity index (χ4v) is 5.04. The summed E-state index contributed by atoms with van der Waals surface area (Å²) in [6.07, 6.45) is 4.62. The molecular weight excluding hydrogens is 428 g/mol. The predicted molar refractivity (Wildman–Crippen MR) is 123 cm³/mol. The van der Waals surface area contributed by atoms with Crippen molar-refractivity contribution in [2.45, 2.75) is 38.7 Å². The summed E-state index contributed by atoms with van der Waals surface area (Å²) in [6.45, 7) is 3.34. The van der Waals surface area contributed by atoms with Crippen LogP contribution in [0, 0.1) is 0 Å². The van der Waals surface area contributed by atoms with Crippen LogP contribution in [0.2, 0.25) is 0 Å². The number of rotatable bonds is 3. The Morgan fingerprint density at radius 1 is 1.22 bits per heavy atom. The highest BCUT2D eigenvalue weighted by atomic mass is 32.1. The lowest BCUT2D eigenvalue weighted by Crippen LogP contribution is -2.39. The number of ether oxygens (including phenoxy) is 2. The second-order valence-electron chi connectivity index (χ2n) is 8.02. The molecule has 2 aliphatic heterocycles. The molecule has 2 aromatic heterocycles. The molecule has 8 nitrogen and oxygen atoms in total. The minimum atomic E-state index is -0.311. The number of hydrogen-bond acceptors (Lipinski definition) is 7. The molecule has 2 aliphatic rings. The molecule has 0 saturated carbocycles. The fraction of sp³-hybridized carbons (Fsp3) is 0.391. The van der Waals surface area contributed by atoms with Crippen molar-refractivity contribution in [3.63, 3.8) is 0 Å². The van der Waals surface area contributed by atoms with E-state index in [0.29, 0.717) is 24.9 Å². The Morgan fingerprint density at radius 3 is 2.88 bits per heavy atom. The highest BCUT2D eigenvalue weighted by Gasteiger charge is 2.28. The Balaban J connectivity index is 1.42. The van der Waals surface area contributed by atoms with Crippen molar-refractivity contribution in [3.8, 4) is 11.1 Å². The Labute approximate surface area is 189 Å². The van der Waals surface area contributed by atoms with Gasteiger partial charge in [0.15, 0.2) is 5.13 Å². The lowest BCUT2D eigenvalue weighted by Gasteiger charge is -2.31. The summed E-state index contributed by atoms with van der Waals surface area (Å²) >= 11 is 1.43. The first-order chi connectivity index (χ1) is 15.6. The molecule has 2 amide bonds. The van der Waals surface area contributed by atoms with Crippen molar-refractivity contribution < 1.29 is 19.1 Å². The van der Waals surface area contributed by atoms with E-state index < -0.39 is 0 Å². The lowest BCUT2D eigenvalue weighted by molar-refractivity contribution is -0.114. The molecule has 1 N–H and O–H groups in total. The standard InChI is InChI=1S/C23H24N4O4S/c1-14(28)25-22-26-19-5-4-15(12-21(19)32-22)16-11-20-18(24-13-16)3-2-8-27(20)23(29)31-17-6-9-30-10-7-17/h4-5,11-13,17H,2-3,6-10H2,1H3,(H,25,26,28). The van der Waals surface area contributed by atoms with Crippen molar-refractivity contribution in [2.75, 3.05) is 30.0 Å². The van der Waals surface area contributed by atoms with E-state index in [0.717, 1.165) is 58.4 Å². The number of fused-ring (bicyclic) bond motifs is 2. The summed E-state index contributed by atoms with van der Waals surface area (Å²) in [5.41, 5.74) is 4.46. The van der Waals surface area contributed by atoms with Gasteiger partial charge < -0.3 is 14.8 Å². The number of amides is 2. The van der Waals surface area contributed by atoms with Crippen molar-refractivity contribution in [3.05, 3.63) is 36.2 Å². The van der Waals surface area contributed by atoms with Gasteiger partial charge >= 0.3 is 6.09 Å². The molecule has 5 rings (SSSR count). The molecule has 1 aromatic carbocycles. The number of nitrogens with zero attached hydrogens (tertiary/aromatic N) is 3. The summed E-state index contributed by atoms with van der Waals surface area (Å²) in [7, 11) is 0. The van der Waals surface area contributed by atoms with Gasteiger partial charge in [-0.05, 0) is 36.6 Å². The number of benzene rings is 1. The molecule has 1 fully saturated rings. The van der Waals surface area contributed by atoms with Gasteiger partial charge in [-0.1, -0.05) is 17.4 Å². The number of carbonyl (C=O) groups excluding carboxylic acids is 2. The third kappa shape index (κ3) is 4.31. The van der Waals surface area contributed by atoms with Crippen LogP contribution in [0.1, 0.15) is 31.9 Å². The van der Waals surface area contributed by atoms with E-state index in [2.05, 4.69) is 15.3 Å². The van der Waals surface area contributed by atoms with E-state index in [1.54, 1.807) is 4.90 Å². The van der Waals surface area contributed by atoms with Crippen LogP contribution in [0.4, 0.5) is 15.6 Å². The molecule has 0 radical (unpaired) electrons. The molecule has 166 valence electrons. The average molecular weight is 453 g/mol. The zero-order valence-corrected chi connectivity index (χ0v) is 18.6. The topological polar surface area (TPSA) is 93.7 Å². The molecule has 0 atom stereocenters. The summed E-state index contributed by atoms with van der Waals surface area (Å²) in [4.78, 5) is 35.1. The first-order valence-corrected chi connectivity index (χ1v) is 11.6. The van der Waals surface area contributed by atoms with Gasteiger partial charge in [0.25, 0.3) is 0 Å². The average Bonchev–Trinajstić information content (AvgIpc) is 3.19. The zero-order valence-electron chi connectivity index (χ0n) is 17.8. The summed E-state index contributed by atoms with van der Waals surface area (Å²) < 4.78 is 12.1. The Morgan fingerprint density at radius 2 is 2.06 bits per heavy atom. The van der Waals surface area contributed by atoms with Crippen LogP contribution >= 0.6 is 11.3 Å². The van der Waals surface area contributed by atoms with Gasteiger partial charge in [0, 0.05) is 38.1 Å². The largest absolute Gasteiger partial charge is 0.446 e. The first-order valence-electron chi connectivity index (χ1n) is 10.8. The second kappa shape index (κ2) is 8.84. The van der Waals surface area contributed by atoms with Crippen LogP contribution < -0.4 is 10.2 Å². The van der Waals surface area contributed by atoms with E-state index in [1.807, 2.05) is 30.5 Å². The van der Waals surface area contributed by atoms with Crippen molar-refractivity contribution in [1.82, 2.24) is 9.97 Å². The molecule has 0 aliphatic carbocycles. The smallest absolute Gasteiger partial charge is 0.414 e. The fourth-order valence-electron chi connectivity index (χ4n) is 4.09. The van der Waals surface area contributed by atoms with E-state index >= 15 is 0 Å². The minimum Gasteiger partial charge on any atom is -0.446 e. The predicted octanol–water partition coefficient (Wildman–Crippen LogP) is 4.38. The molecule has 1 saturated heterocycles. The first kappa shape index (κ1) is 20.8. The van der Waals surface area contributed by atoms with Gasteiger partial charge in [-0.2, -0.15) is 0 Å². The number of carbonyl (C=O) groups is 2. The maximum atomic E-state index is 12.9. The number of pyridine rings is 1. The van der Waals surface area contributed by atoms with Gasteiger partial charge in [0.1, 0.15) is 6.10 Å². The quantitative estimate of drug-likeness (QED) is 0.634. The lowest BCUT2D eigenvalue weighted by atomic mass is 10.0. The molecule has 32 heavy (non-hydrogen) atoms. The number of aromatic nitrogens is 2. The second-order valence-corrected chi connectivity index (χ2v) is 9.05. The van der Waals surface area contributed by atoms with E-state index in [-0.39, 0.29) is 18.1 Å². The Kier molecular flexibility index (Phi) is 5.75. The van der Waals surface area contributed by atoms with Crippen molar-refractivity contribution in [1.29, 1.82) is 0 Å². The number of hydrogen-bond donors (Lipinski definition) is 1. The normalized spacial score (nSPS) is 16.6. The van der Waals surface area contributed by atoms with E-state index in [9.17, 15) is 9.59 Å². The van der Waals surface area contributed by atoms with Gasteiger partial charge in [-0.25, -0.2) is 9.78 Å². The summed E-state index contributed by atoms with van der Waals surface area (Å²) in [5, 5.41) is 3.32. The number of aryl methyl sites for hydroxylation is 1. The van der Waals surface area contributed by atoms with Crippen LogP contribution in [-0.4, -0.2) is 47.8 Å². The maximum absolute atomic E-state index is 12.9. The Hall–Kier alpha value is -3.04. The van der Waals surface area contributed by atoms with Crippen LogP contribution in [-0.2, 0) is 20.7 Å². The third-order valence-electron chi connectivity index (χ3n) is 5.69. The highest BCUT2D eigenvalue weighted by Crippen LogP contribution is 2.34. The molecule has 9 heteroatoms. The molecule has 0 spiro atoms. The molecule has 4 heterocycles. The molecule has 0 unspecified atom stereocenters. The van der Waals surface area contributed by atoms with Crippen LogP contribution in [0.25, 0.3) is 21.3 Å². The molecule has 3 aromatic rings. The minimum absolute atomic E-state index is 0.0932. The maximum Gasteiger partial charge on any atom is 0.414 e. The van der Waals surface area contributed by atoms with E-state index in [1.165, 1.54) is 18.3 Å². The van der Waals surface area contributed by atoms with Crippen LogP contribution in [0.3, 0.4) is 0 Å². The monoisotopic (exact) mass is 452 g/mol. The van der Waals surface area contributed by atoms with Crippen molar-refractivity contribution >= 4 is 44.4 Å². The summed E-state index contributed by atoms with van der Waals surface area (Å²) in [6, 6.07) is 7.97. The molecule has 0 bridgehead atoms. The number of nitrogens with one attached hydrogen (secondary N) is 1. The van der Waals surface area contributed by atoms with Gasteiger partial charge in [-0.3, -0.25) is 14.7 Å². The zero-order chi connectivity index (χ0) is 22.1. The number of thiazole rings is 1. The van der Waals surface area contributed by atoms with Gasteiger partial charge in [0.2, 0.25) is 5.91 Å². The van der Waals surface area contributed by atoms with Crippen molar-refractivity contribution in [2.24, 2.45) is 0 Å². The van der Waals surface area contributed by atoms with Gasteiger partial charge in [0.05, 0.1) is 34.8 Å². The Bertz CT molecular complexity index is 1170. The van der Waals surface area contributed by atoms with E-state index in [4.69, 9.17) is 9.47 Å². The highest BCUT2D eigenvalue weighted by molar-refractivity contribution is 7.22. The van der Waals surface area contributed by atoms with Crippen LogP contribution in [0.15, 0.2) is 30.5 Å². The van der Waals surface area contributed by atoms with Gasteiger partial charge in [-0.15, -0.1) is 0 Å². The number of anilines is 2. The third-order valence-corrected chi connectivity index (χ3v) is 6.63.